The van der Waals surface area contributed by atoms with Crippen LogP contribution in [0.25, 0.3) is 0 Å². The van der Waals surface area contributed by atoms with Crippen molar-refractivity contribution >= 4 is 17.9 Å². The third-order valence-corrected chi connectivity index (χ3v) is 11.5. The molecule has 338 valence electrons. The first-order valence-corrected chi connectivity index (χ1v) is 25.4. The second kappa shape index (κ2) is 45.5. The molecule has 0 aromatic heterocycles. The van der Waals surface area contributed by atoms with E-state index >= 15 is 0 Å². The molecule has 0 N–H and O–H groups in total. The number of hydrogen-bond acceptors (Lipinski definition) is 6. The van der Waals surface area contributed by atoms with Crippen molar-refractivity contribution in [2.45, 2.75) is 291 Å². The molecular weight excluding hydrogens is 709 g/mol. The minimum atomic E-state index is -0.760. The van der Waals surface area contributed by atoms with Gasteiger partial charge in [-0.1, -0.05) is 246 Å². The first-order valence-electron chi connectivity index (χ1n) is 25.4. The number of carbonyl (C=O) groups excluding carboxylic acids is 3. The smallest absolute Gasteiger partial charge is 0.306 e. The minimum Gasteiger partial charge on any atom is -0.462 e. The van der Waals surface area contributed by atoms with Crippen molar-refractivity contribution < 1.29 is 28.6 Å². The average molecular weight is 807 g/mol. The summed E-state index contributed by atoms with van der Waals surface area (Å²) in [5, 5.41) is 0. The van der Waals surface area contributed by atoms with E-state index in [0.717, 1.165) is 63.7 Å². The van der Waals surface area contributed by atoms with E-state index in [4.69, 9.17) is 14.2 Å². The second-order valence-corrected chi connectivity index (χ2v) is 17.9. The second-order valence-electron chi connectivity index (χ2n) is 17.9. The predicted octanol–water partition coefficient (Wildman–Crippen LogP) is 16.3. The molecule has 6 nitrogen and oxygen atoms in total. The van der Waals surface area contributed by atoms with E-state index in [2.05, 4.69) is 27.7 Å². The summed E-state index contributed by atoms with van der Waals surface area (Å²) in [6, 6.07) is 0. The van der Waals surface area contributed by atoms with Crippen LogP contribution in [0.15, 0.2) is 0 Å². The van der Waals surface area contributed by atoms with Crippen molar-refractivity contribution in [1.82, 2.24) is 0 Å². The molecule has 0 unspecified atom stereocenters. The van der Waals surface area contributed by atoms with Crippen LogP contribution in [0.4, 0.5) is 0 Å². The molecule has 0 aliphatic heterocycles. The van der Waals surface area contributed by atoms with Crippen LogP contribution in [0.3, 0.4) is 0 Å². The van der Waals surface area contributed by atoms with E-state index in [1.807, 2.05) is 0 Å². The molecule has 0 saturated carbocycles. The standard InChI is InChI=1S/C51H98O6/c1-5-7-9-11-13-15-16-17-18-19-20-21-22-23-27-32-36-40-44-51(54)57-48(45-55-49(52)42-38-34-30-25-14-12-10-8-6-2)46-56-50(53)43-39-35-31-28-24-26-29-33-37-41-47(3)4/h47-48H,5-46H2,1-4H3/t48-/m1/s1. The molecule has 0 spiro atoms. The van der Waals surface area contributed by atoms with Gasteiger partial charge in [-0.15, -0.1) is 0 Å². The van der Waals surface area contributed by atoms with Crippen molar-refractivity contribution in [3.8, 4) is 0 Å². The molecule has 0 rings (SSSR count). The van der Waals surface area contributed by atoms with Crippen molar-refractivity contribution in [2.24, 2.45) is 5.92 Å². The van der Waals surface area contributed by atoms with Crippen LogP contribution in [-0.4, -0.2) is 37.2 Å². The highest BCUT2D eigenvalue weighted by atomic mass is 16.6. The van der Waals surface area contributed by atoms with Gasteiger partial charge in [-0.25, -0.2) is 0 Å². The van der Waals surface area contributed by atoms with E-state index in [1.54, 1.807) is 0 Å². The lowest BCUT2D eigenvalue weighted by Gasteiger charge is -2.18. The van der Waals surface area contributed by atoms with Crippen molar-refractivity contribution in [3.05, 3.63) is 0 Å². The summed E-state index contributed by atoms with van der Waals surface area (Å²) in [6.07, 6.45) is 46.7. The van der Waals surface area contributed by atoms with Crippen LogP contribution in [0, 0.1) is 5.92 Å². The summed E-state index contributed by atoms with van der Waals surface area (Å²) >= 11 is 0. The molecule has 0 heterocycles. The summed E-state index contributed by atoms with van der Waals surface area (Å²) in [7, 11) is 0. The van der Waals surface area contributed by atoms with Gasteiger partial charge in [0.1, 0.15) is 13.2 Å². The first-order chi connectivity index (χ1) is 27.9. The Labute approximate surface area is 355 Å². The van der Waals surface area contributed by atoms with Gasteiger partial charge in [-0.2, -0.15) is 0 Å². The van der Waals surface area contributed by atoms with Gasteiger partial charge in [0.05, 0.1) is 0 Å². The molecule has 0 aromatic rings. The van der Waals surface area contributed by atoms with Crippen LogP contribution < -0.4 is 0 Å². The highest BCUT2D eigenvalue weighted by molar-refractivity contribution is 5.71. The lowest BCUT2D eigenvalue weighted by atomic mass is 10.0. The maximum atomic E-state index is 12.8. The third-order valence-electron chi connectivity index (χ3n) is 11.5. The van der Waals surface area contributed by atoms with Gasteiger partial charge in [0.25, 0.3) is 0 Å². The Kier molecular flexibility index (Phi) is 44.2. The van der Waals surface area contributed by atoms with Crippen LogP contribution >= 0.6 is 0 Å². The Morgan fingerprint density at radius 2 is 0.579 bits per heavy atom. The van der Waals surface area contributed by atoms with Gasteiger partial charge in [0, 0.05) is 19.3 Å². The summed E-state index contributed by atoms with van der Waals surface area (Å²) in [5.74, 6) is -0.0416. The normalized spacial score (nSPS) is 11.9. The molecule has 0 saturated heterocycles. The number of ether oxygens (including phenoxy) is 3. The maximum Gasteiger partial charge on any atom is 0.306 e. The van der Waals surface area contributed by atoms with Gasteiger partial charge < -0.3 is 14.2 Å². The van der Waals surface area contributed by atoms with Crippen molar-refractivity contribution in [3.63, 3.8) is 0 Å². The SMILES string of the molecule is CCCCCCCCCCCCCCCCCCCCC(=O)O[C@H](COC(=O)CCCCCCCCCCC)COC(=O)CCCCCCCCCCCC(C)C. The van der Waals surface area contributed by atoms with Crippen molar-refractivity contribution in [2.75, 3.05) is 13.2 Å². The average Bonchev–Trinajstić information content (AvgIpc) is 3.19. The molecule has 0 radical (unpaired) electrons. The molecule has 1 atom stereocenters. The zero-order valence-corrected chi connectivity index (χ0v) is 38.8. The fraction of sp³-hybridized carbons (Fsp3) is 0.941. The zero-order chi connectivity index (χ0) is 41.7. The van der Waals surface area contributed by atoms with E-state index in [0.29, 0.717) is 19.3 Å². The zero-order valence-electron chi connectivity index (χ0n) is 38.8. The number of rotatable bonds is 46. The minimum absolute atomic E-state index is 0.0636. The van der Waals surface area contributed by atoms with Crippen LogP contribution in [0.1, 0.15) is 285 Å². The summed E-state index contributed by atoms with van der Waals surface area (Å²) in [4.78, 5) is 37.8. The highest BCUT2D eigenvalue weighted by Gasteiger charge is 2.19. The number of carbonyl (C=O) groups is 3. The topological polar surface area (TPSA) is 78.9 Å². The van der Waals surface area contributed by atoms with Gasteiger partial charge in [0.2, 0.25) is 0 Å². The summed E-state index contributed by atoms with van der Waals surface area (Å²) < 4.78 is 16.8. The van der Waals surface area contributed by atoms with Crippen LogP contribution in [0.5, 0.6) is 0 Å². The highest BCUT2D eigenvalue weighted by Crippen LogP contribution is 2.17. The molecule has 0 amide bonds. The van der Waals surface area contributed by atoms with E-state index < -0.39 is 6.10 Å². The fourth-order valence-electron chi connectivity index (χ4n) is 7.69. The number of unbranched alkanes of at least 4 members (excludes halogenated alkanes) is 33. The number of esters is 3. The largest absolute Gasteiger partial charge is 0.462 e. The fourth-order valence-corrected chi connectivity index (χ4v) is 7.69. The molecule has 6 heteroatoms. The lowest BCUT2D eigenvalue weighted by molar-refractivity contribution is -0.167. The maximum absolute atomic E-state index is 12.8. The predicted molar refractivity (Wildman–Crippen MR) is 243 cm³/mol. The number of hydrogen-bond donors (Lipinski definition) is 0. The Balaban J connectivity index is 4.25. The van der Waals surface area contributed by atoms with Crippen LogP contribution in [0.2, 0.25) is 0 Å². The van der Waals surface area contributed by atoms with Gasteiger partial charge in [-0.3, -0.25) is 14.4 Å². The first kappa shape index (κ1) is 55.4. The molecule has 0 bridgehead atoms. The molecule has 0 aliphatic carbocycles. The van der Waals surface area contributed by atoms with Crippen LogP contribution in [-0.2, 0) is 28.6 Å². The third kappa shape index (κ3) is 45.3. The van der Waals surface area contributed by atoms with E-state index in [1.165, 1.54) is 180 Å². The quantitative estimate of drug-likeness (QED) is 0.0346. The lowest BCUT2D eigenvalue weighted by Crippen LogP contribution is -2.30. The Bertz CT molecular complexity index is 857. The van der Waals surface area contributed by atoms with Crippen molar-refractivity contribution in [1.29, 1.82) is 0 Å². The molecule has 0 aromatic carbocycles. The molecule has 0 fully saturated rings. The molecular formula is C51H98O6. The van der Waals surface area contributed by atoms with Gasteiger partial charge in [-0.05, 0) is 25.2 Å². The van der Waals surface area contributed by atoms with Gasteiger partial charge in [0.15, 0.2) is 6.10 Å². The summed E-state index contributed by atoms with van der Waals surface area (Å²) in [5.41, 5.74) is 0. The summed E-state index contributed by atoms with van der Waals surface area (Å²) in [6.45, 7) is 8.98. The van der Waals surface area contributed by atoms with E-state index in [9.17, 15) is 14.4 Å². The Morgan fingerprint density at radius 3 is 0.860 bits per heavy atom. The molecule has 57 heavy (non-hydrogen) atoms. The van der Waals surface area contributed by atoms with Gasteiger partial charge >= 0.3 is 17.9 Å². The van der Waals surface area contributed by atoms with E-state index in [-0.39, 0.29) is 31.1 Å². The Hall–Kier alpha value is -1.59. The Morgan fingerprint density at radius 1 is 0.333 bits per heavy atom. The monoisotopic (exact) mass is 807 g/mol. The molecule has 0 aliphatic rings.